The molecule has 3 heterocycles. The fraction of sp³-hybridized carbons (Fsp3) is 0.375. The van der Waals surface area contributed by atoms with Crippen LogP contribution in [0.5, 0.6) is 0 Å². The molecule has 2 fully saturated rings. The molecule has 2 bridgehead atoms. The van der Waals surface area contributed by atoms with Crippen LogP contribution < -0.4 is 5.73 Å². The first-order valence-electron chi connectivity index (χ1n) is 7.15. The van der Waals surface area contributed by atoms with Crippen molar-refractivity contribution in [1.82, 2.24) is 9.97 Å². The van der Waals surface area contributed by atoms with E-state index in [9.17, 15) is 0 Å². The molecule has 0 spiro atoms. The molecule has 2 aliphatic heterocycles. The first-order valence-corrected chi connectivity index (χ1v) is 7.15. The van der Waals surface area contributed by atoms with Crippen LogP contribution in [0.1, 0.15) is 31.0 Å². The molecule has 2 N–H and O–H groups in total. The molecule has 0 aliphatic carbocycles. The van der Waals surface area contributed by atoms with Gasteiger partial charge in [-0.2, -0.15) is 0 Å². The Morgan fingerprint density at radius 1 is 1.10 bits per heavy atom. The summed E-state index contributed by atoms with van der Waals surface area (Å²) in [6, 6.07) is 11.9. The summed E-state index contributed by atoms with van der Waals surface area (Å²) in [6.07, 6.45) is 4.01. The maximum Gasteiger partial charge on any atom is 0.137 e. The van der Waals surface area contributed by atoms with E-state index in [0.717, 1.165) is 29.9 Å². The lowest BCUT2D eigenvalue weighted by Gasteiger charge is -2.18. The minimum atomic E-state index is 0.283. The summed E-state index contributed by atoms with van der Waals surface area (Å²) in [5.41, 5.74) is 7.95. The predicted molar refractivity (Wildman–Crippen MR) is 77.1 cm³/mol. The van der Waals surface area contributed by atoms with Crippen LogP contribution in [0.3, 0.4) is 0 Å². The summed E-state index contributed by atoms with van der Waals surface area (Å²) in [4.78, 5) is 9.18. The smallest absolute Gasteiger partial charge is 0.137 e. The summed E-state index contributed by atoms with van der Waals surface area (Å²) in [5, 5.41) is 0. The van der Waals surface area contributed by atoms with Crippen LogP contribution in [-0.4, -0.2) is 22.2 Å². The Bertz CT molecular complexity index is 629. The second-order valence-electron chi connectivity index (χ2n) is 5.62. The van der Waals surface area contributed by atoms with Crippen LogP contribution in [-0.2, 0) is 4.74 Å². The van der Waals surface area contributed by atoms with E-state index in [1.165, 1.54) is 6.42 Å². The lowest BCUT2D eigenvalue weighted by Crippen LogP contribution is -2.18. The van der Waals surface area contributed by atoms with Gasteiger partial charge in [0.25, 0.3) is 0 Å². The minimum absolute atomic E-state index is 0.283. The van der Waals surface area contributed by atoms with E-state index in [1.54, 1.807) is 0 Å². The van der Waals surface area contributed by atoms with Gasteiger partial charge in [-0.15, -0.1) is 0 Å². The van der Waals surface area contributed by atoms with Gasteiger partial charge in [-0.05, 0) is 19.3 Å². The van der Waals surface area contributed by atoms with Gasteiger partial charge in [0.15, 0.2) is 0 Å². The fourth-order valence-corrected chi connectivity index (χ4v) is 3.32. The molecule has 4 heteroatoms. The molecule has 2 aliphatic rings. The monoisotopic (exact) mass is 267 g/mol. The second-order valence-corrected chi connectivity index (χ2v) is 5.62. The summed E-state index contributed by atoms with van der Waals surface area (Å²) in [5.74, 6) is 1.69. The van der Waals surface area contributed by atoms with Gasteiger partial charge >= 0.3 is 0 Å². The molecule has 3 atom stereocenters. The van der Waals surface area contributed by atoms with Crippen molar-refractivity contribution in [2.45, 2.75) is 37.4 Å². The van der Waals surface area contributed by atoms with E-state index >= 15 is 0 Å². The number of benzene rings is 1. The Kier molecular flexibility index (Phi) is 2.70. The van der Waals surface area contributed by atoms with Gasteiger partial charge in [0.1, 0.15) is 11.6 Å². The number of aromatic nitrogens is 2. The van der Waals surface area contributed by atoms with Crippen LogP contribution in [0.4, 0.5) is 5.82 Å². The molecule has 0 radical (unpaired) electrons. The number of nitrogens with zero attached hydrogens (tertiary/aromatic N) is 2. The molecule has 20 heavy (non-hydrogen) atoms. The third kappa shape index (κ3) is 1.96. The van der Waals surface area contributed by atoms with E-state index < -0.39 is 0 Å². The summed E-state index contributed by atoms with van der Waals surface area (Å²) in [7, 11) is 0. The fourth-order valence-electron chi connectivity index (χ4n) is 3.32. The number of hydrogen-bond acceptors (Lipinski definition) is 4. The first-order chi connectivity index (χ1) is 9.79. The van der Waals surface area contributed by atoms with Crippen molar-refractivity contribution in [3.8, 4) is 11.3 Å². The lowest BCUT2D eigenvalue weighted by molar-refractivity contribution is 0.0999. The van der Waals surface area contributed by atoms with Crippen molar-refractivity contribution in [3.63, 3.8) is 0 Å². The third-order valence-electron chi connectivity index (χ3n) is 4.27. The van der Waals surface area contributed by atoms with Crippen molar-refractivity contribution in [1.29, 1.82) is 0 Å². The Labute approximate surface area is 118 Å². The second kappa shape index (κ2) is 4.56. The maximum absolute atomic E-state index is 5.97. The van der Waals surface area contributed by atoms with Crippen LogP contribution in [0.15, 0.2) is 36.4 Å². The predicted octanol–water partition coefficient (Wildman–Crippen LogP) is 2.76. The van der Waals surface area contributed by atoms with Crippen molar-refractivity contribution < 1.29 is 4.74 Å². The van der Waals surface area contributed by atoms with E-state index in [2.05, 4.69) is 4.98 Å². The average Bonchev–Trinajstić information content (AvgIpc) is 3.10. The van der Waals surface area contributed by atoms with Crippen molar-refractivity contribution >= 4 is 5.82 Å². The number of nitrogens with two attached hydrogens (primary N) is 1. The number of hydrogen-bond donors (Lipinski definition) is 1. The minimum Gasteiger partial charge on any atom is -0.384 e. The average molecular weight is 267 g/mol. The zero-order valence-electron chi connectivity index (χ0n) is 11.2. The highest BCUT2D eigenvalue weighted by atomic mass is 16.5. The molecule has 4 rings (SSSR count). The molecule has 2 saturated heterocycles. The van der Waals surface area contributed by atoms with Gasteiger partial charge in [-0.25, -0.2) is 9.97 Å². The van der Waals surface area contributed by atoms with Gasteiger partial charge in [0, 0.05) is 17.5 Å². The van der Waals surface area contributed by atoms with E-state index in [-0.39, 0.29) is 6.10 Å². The lowest BCUT2D eigenvalue weighted by atomic mass is 9.88. The molecule has 0 saturated carbocycles. The Balaban J connectivity index is 1.73. The molecule has 102 valence electrons. The standard InChI is InChI=1S/C16H17N3O/c17-15-9-13(10-4-2-1-3-5-10)18-16(19-15)12-8-11-6-7-14(12)20-11/h1-5,9,11-12,14H,6-8H2,(H2,17,18,19). The summed E-state index contributed by atoms with van der Waals surface area (Å²) in [6.45, 7) is 0. The van der Waals surface area contributed by atoms with E-state index in [4.69, 9.17) is 15.5 Å². The van der Waals surface area contributed by atoms with Crippen LogP contribution in [0, 0.1) is 0 Å². The SMILES string of the molecule is Nc1cc(-c2ccccc2)nc(C2CC3CCC2O3)n1. The normalized spacial score (nSPS) is 27.9. The molecule has 0 amide bonds. The number of nitrogen functional groups attached to an aromatic ring is 1. The number of fused-ring (bicyclic) bond motifs is 2. The number of anilines is 1. The van der Waals surface area contributed by atoms with Crippen molar-refractivity contribution in [2.75, 3.05) is 5.73 Å². The van der Waals surface area contributed by atoms with Gasteiger partial charge in [0.05, 0.1) is 17.9 Å². The van der Waals surface area contributed by atoms with Crippen LogP contribution in [0.2, 0.25) is 0 Å². The zero-order chi connectivity index (χ0) is 13.5. The number of rotatable bonds is 2. The highest BCUT2D eigenvalue weighted by Gasteiger charge is 2.43. The highest BCUT2D eigenvalue weighted by molar-refractivity contribution is 5.61. The number of ether oxygens (including phenoxy) is 1. The van der Waals surface area contributed by atoms with Crippen molar-refractivity contribution in [3.05, 3.63) is 42.2 Å². The molecule has 4 nitrogen and oxygen atoms in total. The Hall–Kier alpha value is -1.94. The third-order valence-corrected chi connectivity index (χ3v) is 4.27. The molecular weight excluding hydrogens is 250 g/mol. The van der Waals surface area contributed by atoms with Gasteiger partial charge in [-0.1, -0.05) is 30.3 Å². The molecule has 2 aromatic rings. The van der Waals surface area contributed by atoms with E-state index in [1.807, 2.05) is 36.4 Å². The largest absolute Gasteiger partial charge is 0.384 e. The Morgan fingerprint density at radius 3 is 2.65 bits per heavy atom. The van der Waals surface area contributed by atoms with Gasteiger partial charge < -0.3 is 10.5 Å². The Morgan fingerprint density at radius 2 is 1.95 bits per heavy atom. The first kappa shape index (κ1) is 11.9. The molecule has 1 aromatic heterocycles. The molecule has 3 unspecified atom stereocenters. The molecule has 1 aromatic carbocycles. The van der Waals surface area contributed by atoms with Gasteiger partial charge in [0.2, 0.25) is 0 Å². The van der Waals surface area contributed by atoms with Crippen LogP contribution in [0.25, 0.3) is 11.3 Å². The maximum atomic E-state index is 5.97. The van der Waals surface area contributed by atoms with E-state index in [0.29, 0.717) is 17.8 Å². The summed E-state index contributed by atoms with van der Waals surface area (Å²) < 4.78 is 5.90. The topological polar surface area (TPSA) is 61.0 Å². The quantitative estimate of drug-likeness (QED) is 0.908. The molecular formula is C16H17N3O. The van der Waals surface area contributed by atoms with Gasteiger partial charge in [-0.3, -0.25) is 0 Å². The zero-order valence-corrected chi connectivity index (χ0v) is 11.2. The van der Waals surface area contributed by atoms with Crippen LogP contribution >= 0.6 is 0 Å². The highest BCUT2D eigenvalue weighted by Crippen LogP contribution is 2.43. The summed E-state index contributed by atoms with van der Waals surface area (Å²) >= 11 is 0. The van der Waals surface area contributed by atoms with Crippen molar-refractivity contribution in [2.24, 2.45) is 0 Å².